The maximum atomic E-state index is 13.2. The van der Waals surface area contributed by atoms with Crippen molar-refractivity contribution in [3.05, 3.63) is 58.6 Å². The van der Waals surface area contributed by atoms with Crippen LogP contribution in [0.25, 0.3) is 0 Å². The van der Waals surface area contributed by atoms with Gasteiger partial charge in [0.15, 0.2) is 0 Å². The van der Waals surface area contributed by atoms with E-state index in [1.54, 1.807) is 32.4 Å². The molecule has 0 aromatic heterocycles. The van der Waals surface area contributed by atoms with E-state index < -0.39 is 0 Å². The molecule has 26 heavy (non-hydrogen) atoms. The summed E-state index contributed by atoms with van der Waals surface area (Å²) in [7, 11) is 3.14. The van der Waals surface area contributed by atoms with Gasteiger partial charge in [-0.05, 0) is 29.8 Å². The predicted molar refractivity (Wildman–Crippen MR) is 105 cm³/mol. The van der Waals surface area contributed by atoms with Gasteiger partial charge < -0.3 is 19.7 Å². The molecule has 0 radical (unpaired) electrons. The summed E-state index contributed by atoms with van der Waals surface area (Å²) in [5.41, 5.74) is 1.56. The summed E-state index contributed by atoms with van der Waals surface area (Å²) >= 11 is 6.13. The third kappa shape index (κ3) is 4.41. The second-order valence-corrected chi connectivity index (χ2v) is 6.31. The largest absolute Gasteiger partial charge is 0.497 e. The fraction of sp³-hybridized carbons (Fsp3) is 0.316. The van der Waals surface area contributed by atoms with Crippen molar-refractivity contribution >= 4 is 29.9 Å². The first-order valence-corrected chi connectivity index (χ1v) is 8.50. The molecule has 1 aliphatic heterocycles. The van der Waals surface area contributed by atoms with Crippen LogP contribution < -0.4 is 14.8 Å². The van der Waals surface area contributed by atoms with Gasteiger partial charge in [0, 0.05) is 36.3 Å². The zero-order chi connectivity index (χ0) is 17.8. The summed E-state index contributed by atoms with van der Waals surface area (Å²) in [5, 5.41) is 4.01. The maximum Gasteiger partial charge on any atom is 0.254 e. The van der Waals surface area contributed by atoms with Crippen LogP contribution in [0, 0.1) is 0 Å². The molecule has 1 N–H and O–H groups in total. The fourth-order valence-electron chi connectivity index (χ4n) is 3.06. The molecule has 3 rings (SSSR count). The van der Waals surface area contributed by atoms with Crippen molar-refractivity contribution < 1.29 is 14.3 Å². The van der Waals surface area contributed by atoms with Crippen LogP contribution in [0.5, 0.6) is 11.5 Å². The first kappa shape index (κ1) is 20.4. The number of amides is 1. The minimum atomic E-state index is -0.0721. The van der Waals surface area contributed by atoms with Gasteiger partial charge in [-0.3, -0.25) is 4.79 Å². The molecule has 0 spiro atoms. The van der Waals surface area contributed by atoms with Crippen LogP contribution in [0.2, 0.25) is 5.02 Å². The molecule has 0 saturated carbocycles. The van der Waals surface area contributed by atoms with Gasteiger partial charge in [0.05, 0.1) is 20.3 Å². The molecule has 1 unspecified atom stereocenters. The van der Waals surface area contributed by atoms with Crippen LogP contribution in [-0.4, -0.2) is 44.7 Å². The van der Waals surface area contributed by atoms with E-state index in [0.717, 1.165) is 12.1 Å². The molecule has 1 saturated heterocycles. The minimum absolute atomic E-state index is 0. The van der Waals surface area contributed by atoms with Crippen LogP contribution in [0.1, 0.15) is 22.0 Å². The SMILES string of the molecule is COc1cc(OC)cc(C(=O)N2CCNCC2c2cccc(Cl)c2)c1.Cl. The zero-order valence-electron chi connectivity index (χ0n) is 14.7. The number of hydrogen-bond donors (Lipinski definition) is 1. The normalized spacial score (nSPS) is 16.6. The van der Waals surface area contributed by atoms with Gasteiger partial charge in [-0.15, -0.1) is 12.4 Å². The number of piperazine rings is 1. The lowest BCUT2D eigenvalue weighted by Gasteiger charge is -2.36. The highest BCUT2D eigenvalue weighted by Crippen LogP contribution is 2.29. The second kappa shape index (κ2) is 9.12. The summed E-state index contributed by atoms with van der Waals surface area (Å²) < 4.78 is 10.6. The molecule has 1 heterocycles. The van der Waals surface area contributed by atoms with E-state index in [9.17, 15) is 4.79 Å². The van der Waals surface area contributed by atoms with E-state index in [2.05, 4.69) is 5.32 Å². The van der Waals surface area contributed by atoms with E-state index >= 15 is 0 Å². The number of hydrogen-bond acceptors (Lipinski definition) is 4. The predicted octanol–water partition coefficient (Wildman–Crippen LogP) is 3.57. The van der Waals surface area contributed by atoms with E-state index in [4.69, 9.17) is 21.1 Å². The number of halogens is 2. The molecule has 1 fully saturated rings. The van der Waals surface area contributed by atoms with E-state index in [1.807, 2.05) is 29.2 Å². The van der Waals surface area contributed by atoms with Crippen LogP contribution >= 0.6 is 24.0 Å². The Morgan fingerprint density at radius 2 is 1.85 bits per heavy atom. The molecular weight excluding hydrogens is 375 g/mol. The number of benzene rings is 2. The Hall–Kier alpha value is -1.95. The lowest BCUT2D eigenvalue weighted by atomic mass is 10.0. The van der Waals surface area contributed by atoms with Crippen molar-refractivity contribution in [2.45, 2.75) is 6.04 Å². The molecule has 2 aromatic rings. The Labute approximate surface area is 164 Å². The average Bonchev–Trinajstić information content (AvgIpc) is 2.67. The Bertz CT molecular complexity index is 748. The molecule has 7 heteroatoms. The van der Waals surface area contributed by atoms with Gasteiger partial charge in [-0.1, -0.05) is 23.7 Å². The number of carbonyl (C=O) groups excluding carboxylic acids is 1. The first-order chi connectivity index (χ1) is 12.1. The van der Waals surface area contributed by atoms with Gasteiger partial charge in [0.25, 0.3) is 5.91 Å². The van der Waals surface area contributed by atoms with Crippen molar-refractivity contribution in [3.8, 4) is 11.5 Å². The number of rotatable bonds is 4. The van der Waals surface area contributed by atoms with Crippen LogP contribution in [0.15, 0.2) is 42.5 Å². The second-order valence-electron chi connectivity index (χ2n) is 5.87. The zero-order valence-corrected chi connectivity index (χ0v) is 16.3. The highest BCUT2D eigenvalue weighted by atomic mass is 35.5. The lowest BCUT2D eigenvalue weighted by molar-refractivity contribution is 0.0633. The number of methoxy groups -OCH3 is 2. The summed E-state index contributed by atoms with van der Waals surface area (Å²) in [5.74, 6) is 1.14. The van der Waals surface area contributed by atoms with Crippen molar-refractivity contribution in [1.82, 2.24) is 10.2 Å². The Kier molecular flexibility index (Phi) is 7.14. The number of nitrogens with zero attached hydrogens (tertiary/aromatic N) is 1. The Morgan fingerprint density at radius 1 is 1.15 bits per heavy atom. The minimum Gasteiger partial charge on any atom is -0.497 e. The highest BCUT2D eigenvalue weighted by Gasteiger charge is 2.29. The maximum absolute atomic E-state index is 13.2. The van der Waals surface area contributed by atoms with E-state index in [0.29, 0.717) is 35.2 Å². The van der Waals surface area contributed by atoms with Gasteiger partial charge in [0.1, 0.15) is 11.5 Å². The molecule has 0 bridgehead atoms. The van der Waals surface area contributed by atoms with Crippen molar-refractivity contribution in [1.29, 1.82) is 0 Å². The fourth-order valence-corrected chi connectivity index (χ4v) is 3.25. The molecule has 1 amide bonds. The number of carbonyl (C=O) groups is 1. The molecule has 0 aliphatic carbocycles. The van der Waals surface area contributed by atoms with Crippen molar-refractivity contribution in [2.75, 3.05) is 33.9 Å². The molecule has 5 nitrogen and oxygen atoms in total. The van der Waals surface area contributed by atoms with Crippen LogP contribution in [0.4, 0.5) is 0 Å². The third-order valence-corrected chi connectivity index (χ3v) is 4.57. The third-order valence-electron chi connectivity index (χ3n) is 4.34. The molecular formula is C19H22Cl2N2O3. The Balaban J connectivity index is 0.00000243. The van der Waals surface area contributed by atoms with Gasteiger partial charge in [0.2, 0.25) is 0 Å². The smallest absolute Gasteiger partial charge is 0.254 e. The summed E-state index contributed by atoms with van der Waals surface area (Å²) in [6.07, 6.45) is 0. The average molecular weight is 397 g/mol. The number of nitrogens with one attached hydrogen (secondary N) is 1. The van der Waals surface area contributed by atoms with Gasteiger partial charge >= 0.3 is 0 Å². The van der Waals surface area contributed by atoms with Gasteiger partial charge in [-0.25, -0.2) is 0 Å². The Morgan fingerprint density at radius 3 is 2.46 bits per heavy atom. The molecule has 1 aliphatic rings. The molecule has 1 atom stereocenters. The van der Waals surface area contributed by atoms with Crippen LogP contribution in [0.3, 0.4) is 0 Å². The quantitative estimate of drug-likeness (QED) is 0.857. The van der Waals surface area contributed by atoms with Crippen molar-refractivity contribution in [2.24, 2.45) is 0 Å². The topological polar surface area (TPSA) is 50.8 Å². The number of ether oxygens (including phenoxy) is 2. The summed E-state index contributed by atoms with van der Waals surface area (Å²) in [4.78, 5) is 15.0. The first-order valence-electron chi connectivity index (χ1n) is 8.12. The monoisotopic (exact) mass is 396 g/mol. The summed E-state index contributed by atoms with van der Waals surface area (Å²) in [6.45, 7) is 2.06. The van der Waals surface area contributed by atoms with Crippen LogP contribution in [-0.2, 0) is 0 Å². The molecule has 2 aromatic carbocycles. The van der Waals surface area contributed by atoms with E-state index in [1.165, 1.54) is 0 Å². The van der Waals surface area contributed by atoms with E-state index in [-0.39, 0.29) is 24.4 Å². The molecule has 140 valence electrons. The lowest BCUT2D eigenvalue weighted by Crippen LogP contribution is -2.48. The summed E-state index contributed by atoms with van der Waals surface area (Å²) in [6, 6.07) is 12.8. The van der Waals surface area contributed by atoms with Crippen molar-refractivity contribution in [3.63, 3.8) is 0 Å². The van der Waals surface area contributed by atoms with Gasteiger partial charge in [-0.2, -0.15) is 0 Å². The standard InChI is InChI=1S/C19H21ClN2O3.ClH/c1-24-16-9-14(10-17(11-16)25-2)19(23)22-7-6-21-12-18(22)13-4-3-5-15(20)8-13;/h3-5,8-11,18,21H,6-7,12H2,1-2H3;1H. The highest BCUT2D eigenvalue weighted by molar-refractivity contribution is 6.30.